The lowest BCUT2D eigenvalue weighted by molar-refractivity contribution is -0.123. The highest BCUT2D eigenvalue weighted by molar-refractivity contribution is 9.10. The van der Waals surface area contributed by atoms with Gasteiger partial charge in [-0.1, -0.05) is 34.1 Å². The Labute approximate surface area is 205 Å². The zero-order valence-electron chi connectivity index (χ0n) is 19.0. The Bertz CT molecular complexity index is 1380. The highest BCUT2D eigenvalue weighted by Gasteiger charge is 2.11. The maximum atomic E-state index is 12.5. The third-order valence-corrected chi connectivity index (χ3v) is 5.87. The molecule has 0 fully saturated rings. The molecular weight excluding hydrogens is 496 g/mol. The molecule has 8 heteroatoms. The summed E-state index contributed by atoms with van der Waals surface area (Å²) < 4.78 is 8.59. The molecule has 0 saturated carbocycles. The van der Waals surface area contributed by atoms with Crippen molar-refractivity contribution < 1.29 is 14.3 Å². The van der Waals surface area contributed by atoms with Crippen LogP contribution >= 0.6 is 15.9 Å². The van der Waals surface area contributed by atoms with Gasteiger partial charge in [0, 0.05) is 44.2 Å². The molecule has 1 heterocycles. The summed E-state index contributed by atoms with van der Waals surface area (Å²) in [4.78, 5) is 24.5. The van der Waals surface area contributed by atoms with E-state index in [0.717, 1.165) is 33.0 Å². The van der Waals surface area contributed by atoms with E-state index in [2.05, 4.69) is 55.4 Å². The SMILES string of the molecule is CCn1c2ccccc2c2cc(NC(=O)C/C(C)=N/NC(=O)COc3ccc(Br)cc3)ccc21. The van der Waals surface area contributed by atoms with Crippen molar-refractivity contribution in [1.82, 2.24) is 9.99 Å². The number of hydrogen-bond donors (Lipinski definition) is 2. The topological polar surface area (TPSA) is 84.7 Å². The van der Waals surface area contributed by atoms with Gasteiger partial charge in [0.2, 0.25) is 5.91 Å². The van der Waals surface area contributed by atoms with Crippen LogP contribution in [0, 0.1) is 0 Å². The fourth-order valence-corrected chi connectivity index (χ4v) is 4.08. The van der Waals surface area contributed by atoms with E-state index < -0.39 is 5.91 Å². The second kappa shape index (κ2) is 10.5. The number of ether oxygens (including phenoxy) is 1. The first-order chi connectivity index (χ1) is 16.4. The lowest BCUT2D eigenvalue weighted by Gasteiger charge is -2.08. The standard InChI is InChI=1S/C26H25BrN4O3/c1-3-31-23-7-5-4-6-21(23)22-15-19(10-13-24(22)31)28-25(32)14-17(2)29-30-26(33)16-34-20-11-8-18(27)9-12-20/h4-13,15H,3,14,16H2,1-2H3,(H,28,32)(H,30,33)/b29-17+. The van der Waals surface area contributed by atoms with E-state index in [0.29, 0.717) is 11.5 Å². The van der Waals surface area contributed by atoms with Gasteiger partial charge in [-0.15, -0.1) is 0 Å². The number of halogens is 1. The van der Waals surface area contributed by atoms with Gasteiger partial charge in [0.05, 0.1) is 6.42 Å². The van der Waals surface area contributed by atoms with Gasteiger partial charge in [-0.2, -0.15) is 5.10 Å². The molecule has 2 amide bonds. The quantitative estimate of drug-likeness (QED) is 0.238. The third kappa shape index (κ3) is 5.46. The van der Waals surface area contributed by atoms with Crippen LogP contribution in [-0.2, 0) is 16.1 Å². The molecule has 7 nitrogen and oxygen atoms in total. The maximum Gasteiger partial charge on any atom is 0.277 e. The van der Waals surface area contributed by atoms with Crippen molar-refractivity contribution in [3.05, 3.63) is 71.2 Å². The van der Waals surface area contributed by atoms with Crippen LogP contribution in [0.2, 0.25) is 0 Å². The largest absolute Gasteiger partial charge is 0.484 e. The van der Waals surface area contributed by atoms with Crippen molar-refractivity contribution in [3.63, 3.8) is 0 Å². The number of benzene rings is 3. The monoisotopic (exact) mass is 520 g/mol. The lowest BCUT2D eigenvalue weighted by Crippen LogP contribution is -2.26. The van der Waals surface area contributed by atoms with Gasteiger partial charge in [-0.3, -0.25) is 9.59 Å². The Kier molecular flexibility index (Phi) is 7.27. The second-order valence-corrected chi connectivity index (χ2v) is 8.76. The molecule has 34 heavy (non-hydrogen) atoms. The minimum atomic E-state index is -0.402. The minimum absolute atomic E-state index is 0.0581. The number of carbonyl (C=O) groups is 2. The number of carbonyl (C=O) groups excluding carboxylic acids is 2. The highest BCUT2D eigenvalue weighted by Crippen LogP contribution is 2.31. The van der Waals surface area contributed by atoms with Crippen LogP contribution in [0.25, 0.3) is 21.8 Å². The Morgan fingerprint density at radius 3 is 2.47 bits per heavy atom. The van der Waals surface area contributed by atoms with Gasteiger partial charge in [-0.25, -0.2) is 5.43 Å². The molecule has 174 valence electrons. The summed E-state index contributed by atoms with van der Waals surface area (Å²) in [6, 6.07) is 21.3. The molecule has 3 aromatic carbocycles. The first kappa shape index (κ1) is 23.5. The number of nitrogens with one attached hydrogen (secondary N) is 2. The molecule has 0 spiro atoms. The first-order valence-electron chi connectivity index (χ1n) is 11.0. The summed E-state index contributed by atoms with van der Waals surface area (Å²) >= 11 is 3.34. The average Bonchev–Trinajstić information content (AvgIpc) is 3.15. The van der Waals surface area contributed by atoms with Crippen LogP contribution < -0.4 is 15.5 Å². The van der Waals surface area contributed by atoms with E-state index in [-0.39, 0.29) is 18.9 Å². The fraction of sp³-hybridized carbons (Fsp3) is 0.192. The first-order valence-corrected chi connectivity index (χ1v) is 11.7. The molecule has 0 aliphatic heterocycles. The van der Waals surface area contributed by atoms with E-state index in [1.165, 1.54) is 5.52 Å². The molecule has 0 atom stereocenters. The number of aryl methyl sites for hydroxylation is 1. The molecular formula is C26H25BrN4O3. The summed E-state index contributed by atoms with van der Waals surface area (Å²) in [5.74, 6) is -0.0295. The number of hydrazone groups is 1. The Hall–Kier alpha value is -3.65. The number of anilines is 1. The average molecular weight is 521 g/mol. The smallest absolute Gasteiger partial charge is 0.277 e. The lowest BCUT2D eigenvalue weighted by atomic mass is 10.1. The fourth-order valence-electron chi connectivity index (χ4n) is 3.82. The number of amides is 2. The van der Waals surface area contributed by atoms with E-state index in [1.807, 2.05) is 42.5 Å². The van der Waals surface area contributed by atoms with Gasteiger partial charge >= 0.3 is 0 Å². The van der Waals surface area contributed by atoms with Crippen LogP contribution in [0.3, 0.4) is 0 Å². The number of nitrogens with zero attached hydrogens (tertiary/aromatic N) is 2. The van der Waals surface area contributed by atoms with Crippen LogP contribution in [0.1, 0.15) is 20.3 Å². The van der Waals surface area contributed by atoms with Crippen molar-refractivity contribution in [2.45, 2.75) is 26.8 Å². The van der Waals surface area contributed by atoms with Crippen LogP contribution in [0.15, 0.2) is 76.3 Å². The van der Waals surface area contributed by atoms with Gasteiger partial charge in [0.1, 0.15) is 5.75 Å². The molecule has 1 aromatic heterocycles. The Morgan fingerprint density at radius 1 is 0.971 bits per heavy atom. The zero-order chi connectivity index (χ0) is 24.1. The van der Waals surface area contributed by atoms with Crippen molar-refractivity contribution >= 4 is 60.9 Å². The number of rotatable bonds is 8. The van der Waals surface area contributed by atoms with E-state index in [4.69, 9.17) is 4.74 Å². The third-order valence-electron chi connectivity index (χ3n) is 5.34. The molecule has 4 rings (SSSR count). The summed E-state index contributed by atoms with van der Waals surface area (Å²) in [6.45, 7) is 4.50. The van der Waals surface area contributed by atoms with Crippen LogP contribution in [0.5, 0.6) is 5.75 Å². The van der Waals surface area contributed by atoms with Crippen LogP contribution in [-0.4, -0.2) is 28.7 Å². The van der Waals surface area contributed by atoms with E-state index >= 15 is 0 Å². The number of fused-ring (bicyclic) bond motifs is 3. The van der Waals surface area contributed by atoms with E-state index in [1.54, 1.807) is 19.1 Å². The van der Waals surface area contributed by atoms with Gasteiger partial charge in [0.15, 0.2) is 6.61 Å². The summed E-state index contributed by atoms with van der Waals surface area (Å²) in [5, 5.41) is 9.18. The molecule has 0 aliphatic carbocycles. The summed E-state index contributed by atoms with van der Waals surface area (Å²) in [7, 11) is 0. The summed E-state index contributed by atoms with van der Waals surface area (Å²) in [6.07, 6.45) is 0.0581. The number of hydrogen-bond acceptors (Lipinski definition) is 4. The van der Waals surface area contributed by atoms with Gasteiger partial charge in [-0.05, 0) is 62.4 Å². The van der Waals surface area contributed by atoms with Crippen molar-refractivity contribution in [2.75, 3.05) is 11.9 Å². The second-order valence-electron chi connectivity index (χ2n) is 7.84. The predicted molar refractivity (Wildman–Crippen MR) is 139 cm³/mol. The van der Waals surface area contributed by atoms with Gasteiger partial charge in [0.25, 0.3) is 5.91 Å². The molecule has 0 unspecified atom stereocenters. The molecule has 0 saturated heterocycles. The van der Waals surface area contributed by atoms with Crippen molar-refractivity contribution in [1.29, 1.82) is 0 Å². The van der Waals surface area contributed by atoms with Crippen LogP contribution in [0.4, 0.5) is 5.69 Å². The molecule has 2 N–H and O–H groups in total. The minimum Gasteiger partial charge on any atom is -0.484 e. The maximum absolute atomic E-state index is 12.5. The van der Waals surface area contributed by atoms with E-state index in [9.17, 15) is 9.59 Å². The zero-order valence-corrected chi connectivity index (χ0v) is 20.6. The Balaban J connectivity index is 1.34. The van der Waals surface area contributed by atoms with Crippen molar-refractivity contribution in [2.24, 2.45) is 5.10 Å². The van der Waals surface area contributed by atoms with Gasteiger partial charge < -0.3 is 14.6 Å². The highest BCUT2D eigenvalue weighted by atomic mass is 79.9. The molecule has 0 bridgehead atoms. The molecule has 4 aromatic rings. The van der Waals surface area contributed by atoms with Crippen molar-refractivity contribution in [3.8, 4) is 5.75 Å². The summed E-state index contributed by atoms with van der Waals surface area (Å²) in [5.41, 5.74) is 5.93. The molecule has 0 aliphatic rings. The normalized spacial score (nSPS) is 11.6. The number of aromatic nitrogens is 1. The molecule has 0 radical (unpaired) electrons. The number of para-hydroxylation sites is 1. The Morgan fingerprint density at radius 2 is 1.71 bits per heavy atom. The predicted octanol–water partition coefficient (Wildman–Crippen LogP) is 5.48.